The average molecular weight is 261 g/mol. The van der Waals surface area contributed by atoms with Crippen molar-refractivity contribution in [3.05, 3.63) is 24.3 Å². The summed E-state index contributed by atoms with van der Waals surface area (Å²) in [6.45, 7) is 2.02. The lowest BCUT2D eigenvalue weighted by Gasteiger charge is -2.17. The number of hydrogen-bond acceptors (Lipinski definition) is 2. The number of alkyl halides is 3. The van der Waals surface area contributed by atoms with E-state index in [-0.39, 0.29) is 22.7 Å². The molecule has 0 aliphatic heterocycles. The zero-order valence-electron chi connectivity index (χ0n) is 9.42. The highest BCUT2D eigenvalue weighted by Crippen LogP contribution is 2.41. The van der Waals surface area contributed by atoms with E-state index >= 15 is 0 Å². The molecule has 1 fully saturated rings. The van der Waals surface area contributed by atoms with Crippen molar-refractivity contribution in [2.24, 2.45) is 5.92 Å². The summed E-state index contributed by atoms with van der Waals surface area (Å²) < 4.78 is 37.1. The highest BCUT2D eigenvalue weighted by molar-refractivity contribution is 8.00. The van der Waals surface area contributed by atoms with Gasteiger partial charge in [-0.05, 0) is 49.6 Å². The molecule has 0 amide bonds. The first kappa shape index (κ1) is 12.6. The van der Waals surface area contributed by atoms with E-state index in [1.807, 2.05) is 6.92 Å². The number of nitrogens with one attached hydrogen (secondary N) is 1. The lowest BCUT2D eigenvalue weighted by atomic mass is 10.2. The molecule has 17 heavy (non-hydrogen) atoms. The minimum absolute atomic E-state index is 0.0610. The van der Waals surface area contributed by atoms with Crippen molar-refractivity contribution in [1.29, 1.82) is 0 Å². The van der Waals surface area contributed by atoms with Crippen LogP contribution >= 0.6 is 11.8 Å². The minimum atomic E-state index is -4.24. The second-order valence-electron chi connectivity index (χ2n) is 4.31. The van der Waals surface area contributed by atoms with Crippen molar-refractivity contribution in [2.75, 3.05) is 5.32 Å². The molecule has 0 saturated heterocycles. The molecule has 5 heteroatoms. The maximum Gasteiger partial charge on any atom is 0.446 e. The molecule has 1 saturated carbocycles. The van der Waals surface area contributed by atoms with Gasteiger partial charge in [0.25, 0.3) is 0 Å². The maximum absolute atomic E-state index is 12.4. The molecule has 1 aromatic rings. The summed E-state index contributed by atoms with van der Waals surface area (Å²) in [4.78, 5) is 0.243. The zero-order chi connectivity index (χ0) is 12.5. The number of thioether (sulfide) groups is 1. The quantitative estimate of drug-likeness (QED) is 0.800. The van der Waals surface area contributed by atoms with Crippen molar-refractivity contribution in [2.45, 2.75) is 36.2 Å². The van der Waals surface area contributed by atoms with Crippen LogP contribution in [0.3, 0.4) is 0 Å². The van der Waals surface area contributed by atoms with Gasteiger partial charge in [0.15, 0.2) is 0 Å². The number of para-hydroxylation sites is 1. The van der Waals surface area contributed by atoms with E-state index in [1.165, 1.54) is 18.9 Å². The van der Waals surface area contributed by atoms with Gasteiger partial charge < -0.3 is 5.32 Å². The van der Waals surface area contributed by atoms with Gasteiger partial charge >= 0.3 is 5.51 Å². The highest BCUT2D eigenvalue weighted by Gasteiger charge is 2.32. The maximum atomic E-state index is 12.4. The van der Waals surface area contributed by atoms with Gasteiger partial charge in [0.2, 0.25) is 0 Å². The number of benzene rings is 1. The van der Waals surface area contributed by atoms with Crippen molar-refractivity contribution in [3.8, 4) is 0 Å². The molecule has 1 N–H and O–H groups in total. The van der Waals surface area contributed by atoms with Crippen molar-refractivity contribution < 1.29 is 13.2 Å². The van der Waals surface area contributed by atoms with Crippen LogP contribution in [0, 0.1) is 5.92 Å². The molecule has 0 spiro atoms. The summed E-state index contributed by atoms with van der Waals surface area (Å²) in [5.41, 5.74) is -3.66. The van der Waals surface area contributed by atoms with E-state index in [1.54, 1.807) is 18.2 Å². The topological polar surface area (TPSA) is 12.0 Å². The molecule has 0 heterocycles. The highest BCUT2D eigenvalue weighted by atomic mass is 32.2. The van der Waals surface area contributed by atoms with Crippen LogP contribution in [0.15, 0.2) is 29.2 Å². The molecule has 1 aromatic carbocycles. The third kappa shape index (κ3) is 3.84. The van der Waals surface area contributed by atoms with Crippen LogP contribution in [0.25, 0.3) is 0 Å². The van der Waals surface area contributed by atoms with E-state index in [9.17, 15) is 13.2 Å². The number of hydrogen-bond donors (Lipinski definition) is 1. The van der Waals surface area contributed by atoms with E-state index in [0.29, 0.717) is 11.6 Å². The largest absolute Gasteiger partial charge is 0.446 e. The van der Waals surface area contributed by atoms with Gasteiger partial charge in [-0.25, -0.2) is 0 Å². The lowest BCUT2D eigenvalue weighted by Crippen LogP contribution is -2.18. The predicted molar refractivity (Wildman–Crippen MR) is 64.2 cm³/mol. The molecule has 0 radical (unpaired) electrons. The molecular weight excluding hydrogens is 247 g/mol. The molecule has 1 nitrogen and oxygen atoms in total. The lowest BCUT2D eigenvalue weighted by molar-refractivity contribution is -0.0327. The summed E-state index contributed by atoms with van der Waals surface area (Å²) in [7, 11) is 0. The van der Waals surface area contributed by atoms with E-state index in [4.69, 9.17) is 0 Å². The number of halogens is 3. The first-order chi connectivity index (χ1) is 7.96. The minimum Gasteiger partial charge on any atom is -0.381 e. The van der Waals surface area contributed by atoms with Crippen LogP contribution in [0.1, 0.15) is 19.8 Å². The monoisotopic (exact) mass is 261 g/mol. The van der Waals surface area contributed by atoms with Gasteiger partial charge in [-0.3, -0.25) is 0 Å². The van der Waals surface area contributed by atoms with Crippen molar-refractivity contribution in [3.63, 3.8) is 0 Å². The molecule has 1 aliphatic carbocycles. The Labute approximate surface area is 103 Å². The van der Waals surface area contributed by atoms with Crippen LogP contribution in [0.4, 0.5) is 18.9 Å². The molecule has 1 unspecified atom stereocenters. The summed E-state index contributed by atoms with van der Waals surface area (Å²) in [5.74, 6) is 0.610. The summed E-state index contributed by atoms with van der Waals surface area (Å²) in [6.07, 6.45) is 2.34. The fraction of sp³-hybridized carbons (Fsp3) is 0.500. The molecule has 94 valence electrons. The molecule has 1 aliphatic rings. The summed E-state index contributed by atoms with van der Waals surface area (Å²) >= 11 is -0.0610. The molecule has 0 bridgehead atoms. The van der Waals surface area contributed by atoms with Gasteiger partial charge in [0.1, 0.15) is 0 Å². The second kappa shape index (κ2) is 4.80. The second-order valence-corrected chi connectivity index (χ2v) is 5.42. The smallest absolute Gasteiger partial charge is 0.381 e. The van der Waals surface area contributed by atoms with Crippen LogP contribution in [0.5, 0.6) is 0 Å². The first-order valence-corrected chi connectivity index (χ1v) is 6.38. The van der Waals surface area contributed by atoms with Gasteiger partial charge in [0, 0.05) is 16.6 Å². The van der Waals surface area contributed by atoms with Crippen LogP contribution in [-0.4, -0.2) is 11.6 Å². The fourth-order valence-corrected chi connectivity index (χ4v) is 2.39. The van der Waals surface area contributed by atoms with Gasteiger partial charge in [-0.1, -0.05) is 12.1 Å². The van der Waals surface area contributed by atoms with Gasteiger partial charge in [-0.2, -0.15) is 13.2 Å². The van der Waals surface area contributed by atoms with Crippen molar-refractivity contribution >= 4 is 17.4 Å². The Hall–Kier alpha value is -0.840. The Bertz CT molecular complexity index is 388. The molecule has 1 atom stereocenters. The number of anilines is 1. The van der Waals surface area contributed by atoms with E-state index in [2.05, 4.69) is 5.32 Å². The van der Waals surface area contributed by atoms with E-state index in [0.717, 1.165) is 0 Å². The zero-order valence-corrected chi connectivity index (χ0v) is 10.2. The van der Waals surface area contributed by atoms with Gasteiger partial charge in [0.05, 0.1) is 0 Å². The van der Waals surface area contributed by atoms with Crippen LogP contribution in [-0.2, 0) is 0 Å². The van der Waals surface area contributed by atoms with Crippen molar-refractivity contribution in [1.82, 2.24) is 0 Å². The molecule has 2 rings (SSSR count). The van der Waals surface area contributed by atoms with Gasteiger partial charge in [-0.15, -0.1) is 0 Å². The standard InChI is InChI=1S/C12H14F3NS/c1-8(9-6-7-9)16-10-4-2-3-5-11(10)17-12(13,14)15/h2-5,8-9,16H,6-7H2,1H3. The Balaban J connectivity index is 2.09. The normalized spacial score (nSPS) is 17.9. The van der Waals surface area contributed by atoms with E-state index < -0.39 is 5.51 Å². The first-order valence-electron chi connectivity index (χ1n) is 5.57. The number of rotatable bonds is 4. The van der Waals surface area contributed by atoms with Crippen LogP contribution < -0.4 is 5.32 Å². The third-order valence-corrected chi connectivity index (χ3v) is 3.63. The summed E-state index contributed by atoms with van der Waals surface area (Å²) in [5, 5.41) is 3.17. The fourth-order valence-electron chi connectivity index (χ4n) is 1.76. The average Bonchev–Trinajstić information content (AvgIpc) is 3.02. The summed E-state index contributed by atoms with van der Waals surface area (Å²) in [6, 6.07) is 6.82. The SMILES string of the molecule is CC(Nc1ccccc1SC(F)(F)F)C1CC1. The molecular formula is C12H14F3NS. The third-order valence-electron chi connectivity index (χ3n) is 2.83. The van der Waals surface area contributed by atoms with Crippen LogP contribution in [0.2, 0.25) is 0 Å². The molecule has 0 aromatic heterocycles. The Morgan fingerprint density at radius 3 is 2.53 bits per heavy atom. The Morgan fingerprint density at radius 2 is 1.94 bits per heavy atom. The Kier molecular flexibility index (Phi) is 3.56. The predicted octanol–water partition coefficient (Wildman–Crippen LogP) is 4.51. The Morgan fingerprint density at radius 1 is 1.29 bits per heavy atom.